The Balaban J connectivity index is -0.000000637. The van der Waals surface area contributed by atoms with Gasteiger partial charge in [0.1, 0.15) is 0 Å². The van der Waals surface area contributed by atoms with E-state index in [1.165, 1.54) is 89.9 Å². The van der Waals surface area contributed by atoms with Crippen molar-refractivity contribution in [2.24, 2.45) is 5.92 Å². The summed E-state index contributed by atoms with van der Waals surface area (Å²) in [6.07, 6.45) is 20.1. The maximum absolute atomic E-state index is 7.00. The zero-order valence-electron chi connectivity index (χ0n) is 16.9. The summed E-state index contributed by atoms with van der Waals surface area (Å²) in [6.45, 7) is 11.3. The number of rotatable bonds is 13. The van der Waals surface area contributed by atoms with Crippen LogP contribution in [0.2, 0.25) is 0 Å². The van der Waals surface area contributed by atoms with Gasteiger partial charge in [0.25, 0.3) is 0 Å². The summed E-state index contributed by atoms with van der Waals surface area (Å²) in [6, 6.07) is 0. The molecule has 1 unspecified atom stereocenters. The van der Waals surface area contributed by atoms with Gasteiger partial charge < -0.3 is 5.11 Å². The zero-order chi connectivity index (χ0) is 17.5. The van der Waals surface area contributed by atoms with Gasteiger partial charge in [0.15, 0.2) is 0 Å². The molecule has 0 saturated carbocycles. The van der Waals surface area contributed by atoms with Crippen LogP contribution in [-0.2, 0) is 0 Å². The molecule has 0 aromatic heterocycles. The Bertz CT molecular complexity index is 145. The van der Waals surface area contributed by atoms with Crippen molar-refractivity contribution in [1.29, 1.82) is 0 Å². The normalized spacial score (nSPS) is 11.0. The average Bonchev–Trinajstić information content (AvgIpc) is 2.53. The number of aliphatic hydroxyl groups excluding tert-OH is 1. The molecule has 1 nitrogen and oxygen atoms in total. The summed E-state index contributed by atoms with van der Waals surface area (Å²) in [5, 5.41) is 7.00. The van der Waals surface area contributed by atoms with E-state index in [2.05, 4.69) is 34.6 Å². The quantitative estimate of drug-likeness (QED) is 0.344. The van der Waals surface area contributed by atoms with E-state index in [0.717, 1.165) is 13.0 Å². The second-order valence-electron chi connectivity index (χ2n) is 6.57. The van der Waals surface area contributed by atoms with Crippen LogP contribution in [0, 0.1) is 5.92 Å². The Labute approximate surface area is 143 Å². The van der Waals surface area contributed by atoms with Gasteiger partial charge in [0.05, 0.1) is 0 Å². The molecule has 138 valence electrons. The fraction of sp³-hybridized carbons (Fsp3) is 1.00. The van der Waals surface area contributed by atoms with E-state index in [0.29, 0.717) is 0 Å². The predicted molar refractivity (Wildman–Crippen MR) is 105 cm³/mol. The molecule has 0 spiro atoms. The molecule has 0 saturated heterocycles. The third kappa shape index (κ3) is 32.1. The van der Waals surface area contributed by atoms with Crippen LogP contribution in [0.5, 0.6) is 0 Å². The molecule has 1 N–H and O–H groups in total. The van der Waals surface area contributed by atoms with Crippen LogP contribution in [0.4, 0.5) is 0 Å². The summed E-state index contributed by atoms with van der Waals surface area (Å²) >= 11 is 0. The molecule has 0 fully saturated rings. The van der Waals surface area contributed by atoms with Gasteiger partial charge >= 0.3 is 0 Å². The highest BCUT2D eigenvalue weighted by molar-refractivity contribution is 4.55. The van der Waals surface area contributed by atoms with Crippen molar-refractivity contribution in [2.75, 3.05) is 7.11 Å². The Morgan fingerprint density at radius 3 is 1.14 bits per heavy atom. The second kappa shape index (κ2) is 29.0. The van der Waals surface area contributed by atoms with Gasteiger partial charge in [-0.3, -0.25) is 0 Å². The van der Waals surface area contributed by atoms with Crippen LogP contribution in [0.1, 0.15) is 125 Å². The smallest absolute Gasteiger partial charge is 0.0319 e. The maximum Gasteiger partial charge on any atom is 0.0319 e. The van der Waals surface area contributed by atoms with Crippen LogP contribution < -0.4 is 0 Å². The lowest BCUT2D eigenvalue weighted by Crippen LogP contribution is -1.95. The molecule has 0 amide bonds. The molecule has 0 aromatic rings. The monoisotopic (exact) mass is 316 g/mol. The summed E-state index contributed by atoms with van der Waals surface area (Å²) < 4.78 is 0. The average molecular weight is 317 g/mol. The van der Waals surface area contributed by atoms with Crippen molar-refractivity contribution < 1.29 is 5.11 Å². The molecule has 0 aliphatic rings. The number of hydrogen-bond donors (Lipinski definition) is 1. The van der Waals surface area contributed by atoms with Crippen molar-refractivity contribution in [3.63, 3.8) is 0 Å². The van der Waals surface area contributed by atoms with E-state index in [-0.39, 0.29) is 0 Å². The minimum Gasteiger partial charge on any atom is -0.400 e. The Hall–Kier alpha value is -0.0400. The summed E-state index contributed by atoms with van der Waals surface area (Å²) in [5.74, 6) is 0.975. The summed E-state index contributed by atoms with van der Waals surface area (Å²) in [4.78, 5) is 0. The molecule has 1 heteroatoms. The first-order valence-corrected chi connectivity index (χ1v) is 10.2. The number of aliphatic hydroxyl groups is 1. The Morgan fingerprint density at radius 1 is 0.545 bits per heavy atom. The third-order valence-electron chi connectivity index (χ3n) is 3.85. The minimum atomic E-state index is 0.975. The van der Waals surface area contributed by atoms with E-state index in [1.54, 1.807) is 0 Å². The highest BCUT2D eigenvalue weighted by atomic mass is 16.2. The molecule has 1 atom stereocenters. The van der Waals surface area contributed by atoms with Gasteiger partial charge in [-0.05, 0) is 5.92 Å². The molecular formula is C21H48O. The van der Waals surface area contributed by atoms with Crippen molar-refractivity contribution >= 4 is 0 Å². The zero-order valence-corrected chi connectivity index (χ0v) is 16.9. The fourth-order valence-electron chi connectivity index (χ4n) is 2.51. The van der Waals surface area contributed by atoms with Crippen molar-refractivity contribution in [3.05, 3.63) is 0 Å². The minimum absolute atomic E-state index is 0.975. The van der Waals surface area contributed by atoms with E-state index in [9.17, 15) is 0 Å². The van der Waals surface area contributed by atoms with Crippen LogP contribution in [0.15, 0.2) is 0 Å². The summed E-state index contributed by atoms with van der Waals surface area (Å²) in [7, 11) is 1.00. The molecule has 0 heterocycles. The molecule has 0 aliphatic carbocycles. The SMILES string of the molecule is CCC.CCCCCCCCC(C)CCCCCCC.CO. The standard InChI is InChI=1S/C17H36.C3H8.CH4O/c1-4-6-8-10-12-14-16-17(3)15-13-11-9-7-5-2;1-3-2;1-2/h17H,4-16H2,1-3H3;3H2,1-2H3;2H,1H3. The van der Waals surface area contributed by atoms with Gasteiger partial charge in [-0.2, -0.15) is 0 Å². The lowest BCUT2D eigenvalue weighted by molar-refractivity contribution is 0.399. The first kappa shape index (κ1) is 26.8. The van der Waals surface area contributed by atoms with Gasteiger partial charge in [-0.15, -0.1) is 0 Å². The molecule has 22 heavy (non-hydrogen) atoms. The van der Waals surface area contributed by atoms with E-state index in [4.69, 9.17) is 5.11 Å². The first-order chi connectivity index (χ1) is 10.7. The Morgan fingerprint density at radius 2 is 0.818 bits per heavy atom. The molecule has 0 aliphatic heterocycles. The second-order valence-corrected chi connectivity index (χ2v) is 6.57. The highest BCUT2D eigenvalue weighted by Gasteiger charge is 2.01. The molecular weight excluding hydrogens is 268 g/mol. The number of unbranched alkanes of at least 4 members (excludes halogenated alkanes) is 9. The third-order valence-corrected chi connectivity index (χ3v) is 3.85. The topological polar surface area (TPSA) is 20.2 Å². The van der Waals surface area contributed by atoms with Crippen molar-refractivity contribution in [1.82, 2.24) is 0 Å². The van der Waals surface area contributed by atoms with Gasteiger partial charge in [-0.1, -0.05) is 125 Å². The number of hydrogen-bond acceptors (Lipinski definition) is 1. The maximum atomic E-state index is 7.00. The summed E-state index contributed by atoms with van der Waals surface area (Å²) in [5.41, 5.74) is 0. The first-order valence-electron chi connectivity index (χ1n) is 10.2. The molecule has 0 radical (unpaired) electrons. The van der Waals surface area contributed by atoms with E-state index < -0.39 is 0 Å². The van der Waals surface area contributed by atoms with Gasteiger partial charge in [-0.25, -0.2) is 0 Å². The largest absolute Gasteiger partial charge is 0.400 e. The van der Waals surface area contributed by atoms with Crippen LogP contribution in [0.3, 0.4) is 0 Å². The predicted octanol–water partition coefficient (Wildman–Crippen LogP) is 7.76. The van der Waals surface area contributed by atoms with E-state index >= 15 is 0 Å². The molecule has 0 bridgehead atoms. The van der Waals surface area contributed by atoms with Gasteiger partial charge in [0, 0.05) is 7.11 Å². The molecule has 0 aromatic carbocycles. The van der Waals surface area contributed by atoms with Crippen molar-refractivity contribution in [3.8, 4) is 0 Å². The van der Waals surface area contributed by atoms with Crippen LogP contribution in [0.25, 0.3) is 0 Å². The Kier molecular flexibility index (Phi) is 35.4. The van der Waals surface area contributed by atoms with Gasteiger partial charge in [0.2, 0.25) is 0 Å². The lowest BCUT2D eigenvalue weighted by atomic mass is 9.96. The highest BCUT2D eigenvalue weighted by Crippen LogP contribution is 2.18. The van der Waals surface area contributed by atoms with Crippen molar-refractivity contribution in [2.45, 2.75) is 125 Å². The molecule has 0 rings (SSSR count). The van der Waals surface area contributed by atoms with Crippen LogP contribution >= 0.6 is 0 Å². The fourth-order valence-corrected chi connectivity index (χ4v) is 2.51. The van der Waals surface area contributed by atoms with E-state index in [1.807, 2.05) is 0 Å². The lowest BCUT2D eigenvalue weighted by Gasteiger charge is -2.10. The van der Waals surface area contributed by atoms with Crippen LogP contribution in [-0.4, -0.2) is 12.2 Å².